The Balaban J connectivity index is 1.88. The second kappa shape index (κ2) is 8.67. The van der Waals surface area contributed by atoms with Crippen LogP contribution in [0.4, 0.5) is 5.69 Å². The van der Waals surface area contributed by atoms with Crippen LogP contribution in [0.2, 0.25) is 0 Å². The van der Waals surface area contributed by atoms with Crippen LogP contribution in [-0.4, -0.2) is 26.8 Å². The Morgan fingerprint density at radius 1 is 1.13 bits per heavy atom. The fourth-order valence-corrected chi connectivity index (χ4v) is 4.22. The van der Waals surface area contributed by atoms with Crippen LogP contribution >= 0.6 is 11.8 Å². The van der Waals surface area contributed by atoms with E-state index in [1.54, 1.807) is 23.6 Å². The van der Waals surface area contributed by atoms with Crippen molar-refractivity contribution in [2.24, 2.45) is 5.92 Å². The predicted molar refractivity (Wildman–Crippen MR) is 123 cm³/mol. The van der Waals surface area contributed by atoms with Gasteiger partial charge in [0.2, 0.25) is 23.2 Å². The predicted octanol–water partition coefficient (Wildman–Crippen LogP) is 5.35. The Kier molecular flexibility index (Phi) is 5.96. The highest BCUT2D eigenvalue weighted by atomic mass is 32.2. The Labute approximate surface area is 187 Å². The van der Waals surface area contributed by atoms with Crippen LogP contribution in [0.25, 0.3) is 11.3 Å². The smallest absolute Gasteiger partial charge is 0.247 e. The minimum Gasteiger partial charge on any atom is -0.447 e. The molecule has 0 spiro atoms. The number of aryl methyl sites for hydroxylation is 2. The van der Waals surface area contributed by atoms with Crippen LogP contribution in [0.5, 0.6) is 5.88 Å². The van der Waals surface area contributed by atoms with Gasteiger partial charge in [0.25, 0.3) is 0 Å². The number of hydrogen-bond donors (Lipinski definition) is 0. The molecule has 0 radical (unpaired) electrons. The first kappa shape index (κ1) is 21.3. The number of hydrogen-bond acceptors (Lipinski definition) is 6. The zero-order chi connectivity index (χ0) is 22.1. The van der Waals surface area contributed by atoms with Crippen LogP contribution < -0.4 is 9.64 Å². The van der Waals surface area contributed by atoms with Gasteiger partial charge < -0.3 is 4.74 Å². The van der Waals surface area contributed by atoms with Crippen LogP contribution in [0.15, 0.2) is 47.6 Å². The number of ether oxygens (including phenoxy) is 1. The molecule has 31 heavy (non-hydrogen) atoms. The second-order valence-corrected chi connectivity index (χ2v) is 9.16. The summed E-state index contributed by atoms with van der Waals surface area (Å²) in [4.78, 5) is 19.2. The van der Waals surface area contributed by atoms with Crippen molar-refractivity contribution in [3.63, 3.8) is 0 Å². The first-order valence-electron chi connectivity index (χ1n) is 10.4. The van der Waals surface area contributed by atoms with E-state index in [9.17, 15) is 4.79 Å². The van der Waals surface area contributed by atoms with Crippen LogP contribution in [0.1, 0.15) is 43.7 Å². The van der Waals surface area contributed by atoms with Gasteiger partial charge in [-0.2, -0.15) is 4.98 Å². The number of benzene rings is 2. The fourth-order valence-electron chi connectivity index (χ4n) is 3.49. The highest BCUT2D eigenvalue weighted by Gasteiger charge is 2.34. The molecule has 0 fully saturated rings. The summed E-state index contributed by atoms with van der Waals surface area (Å²) in [5, 5.41) is 9.34. The third-order valence-electron chi connectivity index (χ3n) is 5.21. The summed E-state index contributed by atoms with van der Waals surface area (Å²) < 4.78 is 6.42. The second-order valence-electron chi connectivity index (χ2n) is 8.17. The zero-order valence-electron chi connectivity index (χ0n) is 18.4. The Hall–Kier alpha value is -2.93. The van der Waals surface area contributed by atoms with Gasteiger partial charge in [-0.05, 0) is 37.0 Å². The number of carbonyl (C=O) groups excluding carboxylic acids is 1. The molecule has 0 saturated carbocycles. The molecule has 3 aromatic rings. The maximum absolute atomic E-state index is 12.8. The molecule has 160 valence electrons. The average Bonchev–Trinajstić information content (AvgIpc) is 2.88. The average molecular weight is 435 g/mol. The van der Waals surface area contributed by atoms with E-state index in [0.29, 0.717) is 22.6 Å². The monoisotopic (exact) mass is 434 g/mol. The highest BCUT2D eigenvalue weighted by molar-refractivity contribution is 7.99. The molecule has 0 aliphatic carbocycles. The fraction of sp³-hybridized carbons (Fsp3) is 0.333. The molecule has 4 rings (SSSR count). The molecule has 7 heteroatoms. The van der Waals surface area contributed by atoms with Crippen molar-refractivity contribution in [2.75, 3.05) is 10.7 Å². The maximum atomic E-state index is 12.8. The number of carbonyl (C=O) groups is 1. The number of nitrogens with zero attached hydrogens (tertiary/aromatic N) is 4. The number of fused-ring (bicyclic) bond motifs is 3. The van der Waals surface area contributed by atoms with Crippen molar-refractivity contribution in [2.45, 2.75) is 46.0 Å². The van der Waals surface area contributed by atoms with E-state index in [4.69, 9.17) is 4.74 Å². The van der Waals surface area contributed by atoms with Gasteiger partial charge in [0, 0.05) is 23.8 Å². The number of para-hydroxylation sites is 1. The van der Waals surface area contributed by atoms with E-state index in [0.717, 1.165) is 28.1 Å². The molecule has 0 N–H and O–H groups in total. The van der Waals surface area contributed by atoms with Crippen molar-refractivity contribution < 1.29 is 9.53 Å². The molecule has 6 nitrogen and oxygen atoms in total. The normalized spacial score (nSPS) is 15.2. The van der Waals surface area contributed by atoms with E-state index in [1.807, 2.05) is 36.4 Å². The van der Waals surface area contributed by atoms with E-state index >= 15 is 0 Å². The molecule has 1 aliphatic heterocycles. The molecule has 0 saturated heterocycles. The topological polar surface area (TPSA) is 68.2 Å². The molecular weight excluding hydrogens is 408 g/mol. The summed E-state index contributed by atoms with van der Waals surface area (Å²) in [6.07, 6.45) is -0.654. The van der Waals surface area contributed by atoms with Crippen molar-refractivity contribution in [1.82, 2.24) is 15.2 Å². The zero-order valence-corrected chi connectivity index (χ0v) is 19.2. The lowest BCUT2D eigenvalue weighted by atomic mass is 10.0. The minimum absolute atomic E-state index is 0.120. The van der Waals surface area contributed by atoms with Crippen molar-refractivity contribution in [3.8, 4) is 17.1 Å². The van der Waals surface area contributed by atoms with Gasteiger partial charge in [-0.25, -0.2) is 0 Å². The lowest BCUT2D eigenvalue weighted by Gasteiger charge is -2.30. The Morgan fingerprint density at radius 2 is 1.90 bits per heavy atom. The standard InChI is InChI=1S/C24H26N4O2S/c1-14(2)13-31-24-25-22-21(26-27-24)19-8-6-7-9-20(19)28(17(5)29)23(30-22)18-11-10-15(3)16(4)12-18/h6-12,14,23H,13H2,1-5H3/t23-/m0/s1. The first-order valence-corrected chi connectivity index (χ1v) is 11.3. The van der Waals surface area contributed by atoms with Crippen molar-refractivity contribution in [1.29, 1.82) is 0 Å². The summed E-state index contributed by atoms with van der Waals surface area (Å²) >= 11 is 1.55. The van der Waals surface area contributed by atoms with Gasteiger partial charge in [-0.15, -0.1) is 10.2 Å². The lowest BCUT2D eigenvalue weighted by molar-refractivity contribution is -0.118. The molecule has 0 unspecified atom stereocenters. The van der Waals surface area contributed by atoms with Crippen molar-refractivity contribution in [3.05, 3.63) is 59.2 Å². The molecule has 1 atom stereocenters. The summed E-state index contributed by atoms with van der Waals surface area (Å²) in [6, 6.07) is 13.8. The highest BCUT2D eigenvalue weighted by Crippen LogP contribution is 2.43. The van der Waals surface area contributed by atoms with Crippen LogP contribution in [0, 0.1) is 19.8 Å². The van der Waals surface area contributed by atoms with Crippen LogP contribution in [0.3, 0.4) is 0 Å². The summed E-state index contributed by atoms with van der Waals surface area (Å²) in [7, 11) is 0. The van der Waals surface area contributed by atoms with Gasteiger partial charge in [0.1, 0.15) is 0 Å². The molecule has 2 heterocycles. The Bertz CT molecular complexity index is 1130. The van der Waals surface area contributed by atoms with Crippen LogP contribution in [-0.2, 0) is 4.79 Å². The van der Waals surface area contributed by atoms with Gasteiger partial charge >= 0.3 is 0 Å². The van der Waals surface area contributed by atoms with Gasteiger partial charge in [-0.1, -0.05) is 62.0 Å². The molecule has 1 aliphatic rings. The SMILES string of the molecule is CC(=O)N1c2ccccc2-c2nnc(SCC(C)C)nc2O[C@H]1c1ccc(C)c(C)c1. The maximum Gasteiger partial charge on any atom is 0.247 e. The van der Waals surface area contributed by atoms with E-state index in [2.05, 4.69) is 48.9 Å². The number of rotatable bonds is 4. The molecule has 1 aromatic heterocycles. The number of aromatic nitrogens is 3. The molecular formula is C24H26N4O2S. The summed E-state index contributed by atoms with van der Waals surface area (Å²) in [6.45, 7) is 9.97. The van der Waals surface area contributed by atoms with Crippen molar-refractivity contribution >= 4 is 23.4 Å². The molecule has 0 bridgehead atoms. The minimum atomic E-state index is -0.654. The third-order valence-corrected chi connectivity index (χ3v) is 6.48. The number of amides is 1. The van der Waals surface area contributed by atoms with E-state index < -0.39 is 6.23 Å². The van der Waals surface area contributed by atoms with E-state index in [-0.39, 0.29) is 5.91 Å². The first-order chi connectivity index (χ1) is 14.8. The molecule has 2 aromatic carbocycles. The third kappa shape index (κ3) is 4.28. The van der Waals surface area contributed by atoms with E-state index in [1.165, 1.54) is 5.56 Å². The Morgan fingerprint density at radius 3 is 2.61 bits per heavy atom. The van der Waals surface area contributed by atoms with Gasteiger partial charge in [-0.3, -0.25) is 9.69 Å². The van der Waals surface area contributed by atoms with Gasteiger partial charge in [0.05, 0.1) is 5.69 Å². The largest absolute Gasteiger partial charge is 0.447 e. The quantitative estimate of drug-likeness (QED) is 0.516. The summed E-state index contributed by atoms with van der Waals surface area (Å²) in [5.41, 5.74) is 5.26. The molecule has 1 amide bonds. The lowest BCUT2D eigenvalue weighted by Crippen LogP contribution is -2.36. The summed E-state index contributed by atoms with van der Waals surface area (Å²) in [5.74, 6) is 1.66. The van der Waals surface area contributed by atoms with Gasteiger partial charge in [0.15, 0.2) is 5.69 Å². The number of thioether (sulfide) groups is 1. The number of anilines is 1.